The van der Waals surface area contributed by atoms with Gasteiger partial charge in [-0.25, -0.2) is 0 Å². The van der Waals surface area contributed by atoms with Crippen LogP contribution in [0, 0.1) is 0 Å². The first-order chi connectivity index (χ1) is 9.47. The molecule has 0 saturated carbocycles. The number of hydrogen-bond acceptors (Lipinski definition) is 4. The number of nitrogens with zero attached hydrogens (tertiary/aromatic N) is 1. The number of hydrogen-bond donors (Lipinski definition) is 3. The molecule has 0 aliphatic carbocycles. The first kappa shape index (κ1) is 14.6. The fraction of sp³-hybridized carbons (Fsp3) is 0.385. The van der Waals surface area contributed by atoms with E-state index in [4.69, 9.17) is 23.1 Å². The minimum absolute atomic E-state index is 0.110. The molecule has 1 aliphatic rings. The van der Waals surface area contributed by atoms with Gasteiger partial charge in [-0.05, 0) is 37.6 Å². The molecule has 108 valence electrons. The zero-order valence-electron chi connectivity index (χ0n) is 10.9. The van der Waals surface area contributed by atoms with Gasteiger partial charge in [0.05, 0.1) is 23.3 Å². The summed E-state index contributed by atoms with van der Waals surface area (Å²) in [6, 6.07) is 4.50. The maximum Gasteiger partial charge on any atom is 0.238 e. The average molecular weight is 297 g/mol. The fourth-order valence-electron chi connectivity index (χ4n) is 2.35. The van der Waals surface area contributed by atoms with Crippen LogP contribution >= 0.6 is 11.6 Å². The molecule has 6 nitrogen and oxygen atoms in total. The molecule has 0 radical (unpaired) electrons. The number of primary amides is 1. The number of nitrogens with one attached hydrogen (secondary N) is 1. The Labute approximate surface area is 122 Å². The van der Waals surface area contributed by atoms with Crippen molar-refractivity contribution in [3.8, 4) is 0 Å². The smallest absolute Gasteiger partial charge is 0.238 e. The molecule has 1 heterocycles. The SMILES string of the molecule is NC(=O)C1CCCN1CC(=O)Nc1cc(N)ccc1Cl. The molecule has 20 heavy (non-hydrogen) atoms. The van der Waals surface area contributed by atoms with E-state index in [-0.39, 0.29) is 18.5 Å². The molecule has 7 heteroatoms. The summed E-state index contributed by atoms with van der Waals surface area (Å²) in [6.45, 7) is 0.796. The highest BCUT2D eigenvalue weighted by Gasteiger charge is 2.30. The van der Waals surface area contributed by atoms with Crippen molar-refractivity contribution in [2.24, 2.45) is 5.73 Å². The summed E-state index contributed by atoms with van der Waals surface area (Å²) in [5.41, 5.74) is 11.9. The highest BCUT2D eigenvalue weighted by atomic mass is 35.5. The number of nitrogens with two attached hydrogens (primary N) is 2. The number of rotatable bonds is 4. The molecule has 1 saturated heterocycles. The molecule has 0 spiro atoms. The normalized spacial score (nSPS) is 18.9. The minimum Gasteiger partial charge on any atom is -0.399 e. The van der Waals surface area contributed by atoms with Crippen LogP contribution in [0.15, 0.2) is 18.2 Å². The summed E-state index contributed by atoms with van der Waals surface area (Å²) < 4.78 is 0. The van der Waals surface area contributed by atoms with Gasteiger partial charge in [-0.15, -0.1) is 0 Å². The summed E-state index contributed by atoms with van der Waals surface area (Å²) >= 11 is 5.98. The van der Waals surface area contributed by atoms with Gasteiger partial charge in [0, 0.05) is 5.69 Å². The van der Waals surface area contributed by atoms with Gasteiger partial charge in [0.1, 0.15) is 0 Å². The van der Waals surface area contributed by atoms with Crippen LogP contribution < -0.4 is 16.8 Å². The molecule has 2 rings (SSSR count). The van der Waals surface area contributed by atoms with E-state index in [1.54, 1.807) is 23.1 Å². The van der Waals surface area contributed by atoms with Crippen LogP contribution in [-0.2, 0) is 9.59 Å². The Morgan fingerprint density at radius 2 is 2.20 bits per heavy atom. The van der Waals surface area contributed by atoms with E-state index in [1.165, 1.54) is 0 Å². The molecule has 1 fully saturated rings. The zero-order valence-corrected chi connectivity index (χ0v) is 11.7. The number of carbonyl (C=O) groups excluding carboxylic acids is 2. The average Bonchev–Trinajstić information content (AvgIpc) is 2.82. The lowest BCUT2D eigenvalue weighted by atomic mass is 10.2. The Kier molecular flexibility index (Phi) is 4.46. The van der Waals surface area contributed by atoms with E-state index < -0.39 is 5.91 Å². The van der Waals surface area contributed by atoms with E-state index >= 15 is 0 Å². The van der Waals surface area contributed by atoms with E-state index in [2.05, 4.69) is 5.32 Å². The van der Waals surface area contributed by atoms with Gasteiger partial charge >= 0.3 is 0 Å². The Balaban J connectivity index is 1.99. The highest BCUT2D eigenvalue weighted by Crippen LogP contribution is 2.24. The number of amides is 2. The van der Waals surface area contributed by atoms with Gasteiger partial charge in [-0.1, -0.05) is 11.6 Å². The number of anilines is 2. The van der Waals surface area contributed by atoms with Gasteiger partial charge in [-0.3, -0.25) is 14.5 Å². The first-order valence-corrected chi connectivity index (χ1v) is 6.73. The third-order valence-electron chi connectivity index (χ3n) is 3.30. The summed E-state index contributed by atoms with van der Waals surface area (Å²) in [5, 5.41) is 3.11. The number of carbonyl (C=O) groups is 2. The van der Waals surface area contributed by atoms with Crippen LogP contribution in [0.2, 0.25) is 5.02 Å². The van der Waals surface area contributed by atoms with E-state index in [0.717, 1.165) is 6.42 Å². The van der Waals surface area contributed by atoms with Gasteiger partial charge in [0.25, 0.3) is 0 Å². The molecule has 0 aromatic heterocycles. The molecule has 1 aromatic rings. The molecular formula is C13H17ClN4O2. The van der Waals surface area contributed by atoms with Gasteiger partial charge in [0.2, 0.25) is 11.8 Å². The van der Waals surface area contributed by atoms with Crippen molar-refractivity contribution in [1.82, 2.24) is 4.90 Å². The Hall–Kier alpha value is -1.79. The molecular weight excluding hydrogens is 280 g/mol. The largest absolute Gasteiger partial charge is 0.399 e. The summed E-state index contributed by atoms with van der Waals surface area (Å²) in [4.78, 5) is 25.0. The van der Waals surface area contributed by atoms with Crippen molar-refractivity contribution in [3.63, 3.8) is 0 Å². The topological polar surface area (TPSA) is 101 Å². The van der Waals surface area contributed by atoms with E-state index in [9.17, 15) is 9.59 Å². The van der Waals surface area contributed by atoms with E-state index in [1.807, 2.05) is 0 Å². The monoisotopic (exact) mass is 296 g/mol. The maximum atomic E-state index is 12.0. The minimum atomic E-state index is -0.391. The van der Waals surface area contributed by atoms with Gasteiger partial charge < -0.3 is 16.8 Å². The Morgan fingerprint density at radius 1 is 1.45 bits per heavy atom. The first-order valence-electron chi connectivity index (χ1n) is 6.35. The van der Waals surface area contributed by atoms with Crippen molar-refractivity contribution in [3.05, 3.63) is 23.2 Å². The number of benzene rings is 1. The number of likely N-dealkylation sites (tertiary alicyclic amines) is 1. The van der Waals surface area contributed by atoms with Crippen LogP contribution in [0.4, 0.5) is 11.4 Å². The summed E-state index contributed by atoms with van der Waals surface area (Å²) in [5.74, 6) is -0.636. The van der Waals surface area contributed by atoms with Crippen LogP contribution in [0.5, 0.6) is 0 Å². The Morgan fingerprint density at radius 3 is 2.90 bits per heavy atom. The summed E-state index contributed by atoms with van der Waals surface area (Å²) in [6.07, 6.45) is 1.56. The molecule has 5 N–H and O–H groups in total. The molecule has 2 amide bonds. The summed E-state index contributed by atoms with van der Waals surface area (Å²) in [7, 11) is 0. The second-order valence-electron chi connectivity index (χ2n) is 4.82. The third-order valence-corrected chi connectivity index (χ3v) is 3.63. The quantitative estimate of drug-likeness (QED) is 0.716. The fourth-order valence-corrected chi connectivity index (χ4v) is 2.52. The maximum absolute atomic E-state index is 12.0. The standard InChI is InChI=1S/C13H17ClN4O2/c14-9-4-3-8(15)6-10(9)17-12(19)7-18-5-1-2-11(18)13(16)20/h3-4,6,11H,1-2,5,7,15H2,(H2,16,20)(H,17,19). The van der Waals surface area contributed by atoms with Crippen LogP contribution in [0.25, 0.3) is 0 Å². The molecule has 1 unspecified atom stereocenters. The van der Waals surface area contributed by atoms with Crippen LogP contribution in [0.3, 0.4) is 0 Å². The van der Waals surface area contributed by atoms with Crippen molar-refractivity contribution < 1.29 is 9.59 Å². The van der Waals surface area contributed by atoms with Crippen molar-refractivity contribution in [2.45, 2.75) is 18.9 Å². The number of halogens is 1. The zero-order chi connectivity index (χ0) is 14.7. The predicted octanol–water partition coefficient (Wildman–Crippen LogP) is 0.810. The third kappa shape index (κ3) is 3.40. The Bertz CT molecular complexity index is 535. The van der Waals surface area contributed by atoms with Gasteiger partial charge in [-0.2, -0.15) is 0 Å². The lowest BCUT2D eigenvalue weighted by Crippen LogP contribution is -2.43. The molecule has 1 aromatic carbocycles. The van der Waals surface area contributed by atoms with Crippen molar-refractivity contribution in [1.29, 1.82) is 0 Å². The molecule has 1 aliphatic heterocycles. The second kappa shape index (κ2) is 6.11. The second-order valence-corrected chi connectivity index (χ2v) is 5.23. The molecule has 1 atom stereocenters. The van der Waals surface area contributed by atoms with Crippen LogP contribution in [0.1, 0.15) is 12.8 Å². The predicted molar refractivity (Wildman–Crippen MR) is 78.3 cm³/mol. The lowest BCUT2D eigenvalue weighted by molar-refractivity contribution is -0.123. The number of nitrogen functional groups attached to an aromatic ring is 1. The molecule has 0 bridgehead atoms. The van der Waals surface area contributed by atoms with Crippen molar-refractivity contribution >= 4 is 34.8 Å². The van der Waals surface area contributed by atoms with Crippen LogP contribution in [-0.4, -0.2) is 35.8 Å². The van der Waals surface area contributed by atoms with Gasteiger partial charge in [0.15, 0.2) is 0 Å². The highest BCUT2D eigenvalue weighted by molar-refractivity contribution is 6.33. The van der Waals surface area contributed by atoms with Crippen molar-refractivity contribution in [2.75, 3.05) is 24.1 Å². The van der Waals surface area contributed by atoms with E-state index in [0.29, 0.717) is 29.4 Å². The lowest BCUT2D eigenvalue weighted by Gasteiger charge is -2.21.